The highest BCUT2D eigenvalue weighted by molar-refractivity contribution is 9.10. The Labute approximate surface area is 122 Å². The molecule has 98 valence electrons. The lowest BCUT2D eigenvalue weighted by atomic mass is 10.1. The summed E-state index contributed by atoms with van der Waals surface area (Å²) in [5, 5.41) is 9.07. The summed E-state index contributed by atoms with van der Waals surface area (Å²) in [5.74, 6) is -1.06. The summed E-state index contributed by atoms with van der Waals surface area (Å²) in [6.07, 6.45) is 0. The van der Waals surface area contributed by atoms with Gasteiger partial charge in [-0.05, 0) is 51.8 Å². The molecular weight excluding hydrogens is 331 g/mol. The van der Waals surface area contributed by atoms with Crippen LogP contribution in [0.4, 0.5) is 4.39 Å². The molecule has 2 nitrogen and oxygen atoms in total. The van der Waals surface area contributed by atoms with E-state index in [1.165, 1.54) is 23.9 Å². The van der Waals surface area contributed by atoms with Crippen molar-refractivity contribution in [2.75, 3.05) is 0 Å². The Balaban J connectivity index is 2.22. The van der Waals surface area contributed by atoms with Crippen molar-refractivity contribution in [2.45, 2.75) is 10.6 Å². The van der Waals surface area contributed by atoms with Gasteiger partial charge < -0.3 is 5.11 Å². The lowest BCUT2D eigenvalue weighted by molar-refractivity contribution is 0.0696. The molecule has 19 heavy (non-hydrogen) atoms. The monoisotopic (exact) mass is 340 g/mol. The van der Waals surface area contributed by atoms with Gasteiger partial charge in [-0.2, -0.15) is 0 Å². The first kappa shape index (κ1) is 14.1. The van der Waals surface area contributed by atoms with E-state index in [9.17, 15) is 9.18 Å². The second-order valence-electron chi connectivity index (χ2n) is 3.83. The zero-order valence-corrected chi connectivity index (χ0v) is 12.2. The Morgan fingerprint density at radius 1 is 1.26 bits per heavy atom. The minimum Gasteiger partial charge on any atom is -0.478 e. The Morgan fingerprint density at radius 3 is 2.68 bits per heavy atom. The van der Waals surface area contributed by atoms with Gasteiger partial charge in [0.15, 0.2) is 0 Å². The molecule has 1 N–H and O–H groups in total. The summed E-state index contributed by atoms with van der Waals surface area (Å²) in [5.41, 5.74) is 0.620. The summed E-state index contributed by atoms with van der Waals surface area (Å²) >= 11 is 4.88. The standard InChI is InChI=1S/C14H10BrFO2S/c15-12-3-1-2-4-13(12)19-8-9-7-10(16)5-6-11(9)14(17)18/h1-7H,8H2,(H,17,18). The van der Waals surface area contributed by atoms with Crippen LogP contribution in [-0.2, 0) is 5.75 Å². The van der Waals surface area contributed by atoms with Crippen molar-refractivity contribution in [2.24, 2.45) is 0 Å². The third kappa shape index (κ3) is 3.58. The minimum atomic E-state index is -1.04. The van der Waals surface area contributed by atoms with Gasteiger partial charge in [0.2, 0.25) is 0 Å². The van der Waals surface area contributed by atoms with Crippen LogP contribution in [0.1, 0.15) is 15.9 Å². The van der Waals surface area contributed by atoms with Crippen LogP contribution in [0.3, 0.4) is 0 Å². The first-order valence-electron chi connectivity index (χ1n) is 5.47. The first-order chi connectivity index (χ1) is 9.08. The minimum absolute atomic E-state index is 0.140. The van der Waals surface area contributed by atoms with Crippen molar-refractivity contribution in [3.05, 3.63) is 63.9 Å². The molecule has 5 heteroatoms. The molecule has 0 saturated heterocycles. The Hall–Kier alpha value is -1.33. The van der Waals surface area contributed by atoms with Gasteiger partial charge in [-0.3, -0.25) is 0 Å². The molecule has 0 saturated carbocycles. The molecular formula is C14H10BrFO2S. The molecule has 2 rings (SSSR count). The van der Waals surface area contributed by atoms with Crippen LogP contribution >= 0.6 is 27.7 Å². The van der Waals surface area contributed by atoms with Crippen LogP contribution in [0.25, 0.3) is 0 Å². The quantitative estimate of drug-likeness (QED) is 0.827. The molecule has 2 aromatic carbocycles. The molecule has 0 bridgehead atoms. The van der Waals surface area contributed by atoms with Gasteiger partial charge in [0.25, 0.3) is 0 Å². The van der Waals surface area contributed by atoms with E-state index in [1.807, 2.05) is 24.3 Å². The SMILES string of the molecule is O=C(O)c1ccc(F)cc1CSc1ccccc1Br. The van der Waals surface area contributed by atoms with E-state index in [4.69, 9.17) is 5.11 Å². The van der Waals surface area contributed by atoms with E-state index in [0.29, 0.717) is 11.3 Å². The number of thioether (sulfide) groups is 1. The number of benzene rings is 2. The summed E-state index contributed by atoms with van der Waals surface area (Å²) in [6, 6.07) is 11.4. The zero-order chi connectivity index (χ0) is 13.8. The maximum Gasteiger partial charge on any atom is 0.335 e. The molecule has 0 aromatic heterocycles. The van der Waals surface area contributed by atoms with Crippen molar-refractivity contribution in [1.29, 1.82) is 0 Å². The molecule has 0 atom stereocenters. The molecule has 2 aromatic rings. The molecule has 0 aliphatic rings. The lowest BCUT2D eigenvalue weighted by Crippen LogP contribution is -2.02. The van der Waals surface area contributed by atoms with Crippen LogP contribution in [0.2, 0.25) is 0 Å². The molecule has 0 amide bonds. The number of rotatable bonds is 4. The number of carbonyl (C=O) groups is 1. The van der Waals surface area contributed by atoms with Gasteiger partial charge in [-0.1, -0.05) is 12.1 Å². The fraction of sp³-hybridized carbons (Fsp3) is 0.0714. The highest BCUT2D eigenvalue weighted by Gasteiger charge is 2.11. The van der Waals surface area contributed by atoms with Crippen LogP contribution < -0.4 is 0 Å². The van der Waals surface area contributed by atoms with Gasteiger partial charge in [0.1, 0.15) is 5.82 Å². The van der Waals surface area contributed by atoms with E-state index >= 15 is 0 Å². The van der Waals surface area contributed by atoms with Gasteiger partial charge >= 0.3 is 5.97 Å². The van der Waals surface area contributed by atoms with Crippen LogP contribution in [0, 0.1) is 5.82 Å². The Bertz CT molecular complexity index is 616. The molecule has 0 aliphatic heterocycles. The summed E-state index contributed by atoms with van der Waals surface area (Å²) in [4.78, 5) is 12.1. The Morgan fingerprint density at radius 2 is 2.00 bits per heavy atom. The van der Waals surface area contributed by atoms with Gasteiger partial charge in [-0.25, -0.2) is 9.18 Å². The predicted molar refractivity (Wildman–Crippen MR) is 77.1 cm³/mol. The molecule has 0 spiro atoms. The van der Waals surface area contributed by atoms with Gasteiger partial charge in [0.05, 0.1) is 5.56 Å². The molecule has 0 unspecified atom stereocenters. The number of halogens is 2. The summed E-state index contributed by atoms with van der Waals surface area (Å²) < 4.78 is 14.1. The smallest absolute Gasteiger partial charge is 0.335 e. The average molecular weight is 341 g/mol. The van der Waals surface area contributed by atoms with Crippen molar-refractivity contribution < 1.29 is 14.3 Å². The Kier molecular flexibility index (Phi) is 4.61. The molecule has 0 radical (unpaired) electrons. The fourth-order valence-electron chi connectivity index (χ4n) is 1.61. The second-order valence-corrected chi connectivity index (χ2v) is 5.70. The third-order valence-electron chi connectivity index (χ3n) is 2.52. The van der Waals surface area contributed by atoms with E-state index in [0.717, 1.165) is 15.4 Å². The zero-order valence-electron chi connectivity index (χ0n) is 9.77. The van der Waals surface area contributed by atoms with Crippen LogP contribution in [0.5, 0.6) is 0 Å². The summed E-state index contributed by atoms with van der Waals surface area (Å²) in [7, 11) is 0. The van der Waals surface area contributed by atoms with Gasteiger partial charge in [-0.15, -0.1) is 11.8 Å². The van der Waals surface area contributed by atoms with Crippen LogP contribution in [0.15, 0.2) is 51.8 Å². The number of hydrogen-bond acceptors (Lipinski definition) is 2. The van der Waals surface area contributed by atoms with E-state index < -0.39 is 11.8 Å². The first-order valence-corrected chi connectivity index (χ1v) is 7.25. The highest BCUT2D eigenvalue weighted by Crippen LogP contribution is 2.30. The number of aromatic carboxylic acids is 1. The maximum atomic E-state index is 13.2. The second kappa shape index (κ2) is 6.21. The lowest BCUT2D eigenvalue weighted by Gasteiger charge is -2.07. The van der Waals surface area contributed by atoms with E-state index in [-0.39, 0.29) is 5.56 Å². The van der Waals surface area contributed by atoms with Crippen LogP contribution in [-0.4, -0.2) is 11.1 Å². The third-order valence-corrected chi connectivity index (χ3v) is 4.59. The van der Waals surface area contributed by atoms with Crippen molar-refractivity contribution in [3.8, 4) is 0 Å². The normalized spacial score (nSPS) is 10.4. The molecule has 0 aliphatic carbocycles. The largest absolute Gasteiger partial charge is 0.478 e. The predicted octanol–water partition coefficient (Wildman–Crippen LogP) is 4.58. The van der Waals surface area contributed by atoms with E-state index in [2.05, 4.69) is 15.9 Å². The van der Waals surface area contributed by atoms with Gasteiger partial charge in [0, 0.05) is 15.1 Å². The van der Waals surface area contributed by atoms with Crippen molar-refractivity contribution in [3.63, 3.8) is 0 Å². The number of hydrogen-bond donors (Lipinski definition) is 1. The number of carboxylic acid groups (broad SMARTS) is 1. The van der Waals surface area contributed by atoms with E-state index in [1.54, 1.807) is 0 Å². The van der Waals surface area contributed by atoms with Crippen molar-refractivity contribution >= 4 is 33.7 Å². The van der Waals surface area contributed by atoms with Crippen molar-refractivity contribution in [1.82, 2.24) is 0 Å². The topological polar surface area (TPSA) is 37.3 Å². The average Bonchev–Trinajstić information content (AvgIpc) is 2.37. The molecule has 0 fully saturated rings. The maximum absolute atomic E-state index is 13.2. The fourth-order valence-corrected chi connectivity index (χ4v) is 3.17. The highest BCUT2D eigenvalue weighted by atomic mass is 79.9. The molecule has 0 heterocycles. The number of carboxylic acids is 1. The summed E-state index contributed by atoms with van der Waals surface area (Å²) in [6.45, 7) is 0.